The average molecular weight is 535 g/mol. The van der Waals surface area contributed by atoms with Crippen molar-refractivity contribution in [2.75, 3.05) is 19.2 Å². The number of aromatic nitrogens is 1. The fraction of sp³-hybridized carbons (Fsp3) is 0.167. The van der Waals surface area contributed by atoms with Gasteiger partial charge in [0.15, 0.2) is 5.84 Å². The molecule has 1 aliphatic rings. The molecule has 0 bridgehead atoms. The van der Waals surface area contributed by atoms with E-state index in [2.05, 4.69) is 9.71 Å². The Hall–Kier alpha value is -2.51. The largest absolute Gasteiger partial charge is 0.506 e. The first-order valence-corrected chi connectivity index (χ1v) is 12.9. The smallest absolute Gasteiger partial charge is 0.287 e. The van der Waals surface area contributed by atoms with Gasteiger partial charge < -0.3 is 24.5 Å². The number of methoxy groups -OCH3 is 1. The van der Waals surface area contributed by atoms with E-state index in [0.717, 1.165) is 16.9 Å². The molecule has 0 saturated carbocycles. The second kappa shape index (κ2) is 10.9. The van der Waals surface area contributed by atoms with Crippen LogP contribution in [0.1, 0.15) is 16.7 Å². The molecule has 1 aliphatic heterocycles. The van der Waals surface area contributed by atoms with Crippen molar-refractivity contribution in [3.05, 3.63) is 87.0 Å². The van der Waals surface area contributed by atoms with Gasteiger partial charge in [-0.05, 0) is 23.1 Å². The van der Waals surface area contributed by atoms with Crippen molar-refractivity contribution in [3.8, 4) is 5.75 Å². The van der Waals surface area contributed by atoms with E-state index in [9.17, 15) is 18.3 Å². The number of pyridine rings is 1. The number of hydrogen-bond acceptors (Lipinski definition) is 8. The van der Waals surface area contributed by atoms with Gasteiger partial charge in [0.25, 0.3) is 15.6 Å². The number of ether oxygens (including phenoxy) is 2. The Kier molecular flexibility index (Phi) is 8.00. The van der Waals surface area contributed by atoms with Crippen LogP contribution in [0.3, 0.4) is 0 Å². The number of aromatic hydroxyl groups is 1. The normalized spacial score (nSPS) is 14.0. The Balaban J connectivity index is 0.00000304. The Labute approximate surface area is 233 Å². The van der Waals surface area contributed by atoms with Crippen molar-refractivity contribution in [3.63, 3.8) is 0 Å². The summed E-state index contributed by atoms with van der Waals surface area (Å²) in [5.41, 5.74) is 1.07. The van der Waals surface area contributed by atoms with E-state index in [1.807, 2.05) is 30.3 Å². The van der Waals surface area contributed by atoms with E-state index in [1.54, 1.807) is 29.6 Å². The van der Waals surface area contributed by atoms with E-state index >= 15 is 0 Å². The van der Waals surface area contributed by atoms with E-state index in [0.29, 0.717) is 21.5 Å². The summed E-state index contributed by atoms with van der Waals surface area (Å²) in [4.78, 5) is 13.7. The zero-order valence-electron chi connectivity index (χ0n) is 19.6. The molecule has 4 aromatic rings. The zero-order valence-corrected chi connectivity index (χ0v) is 23.2. The van der Waals surface area contributed by atoms with Crippen LogP contribution in [0.5, 0.6) is 5.75 Å². The van der Waals surface area contributed by atoms with Crippen molar-refractivity contribution < 1.29 is 23.0 Å². The SMILES string of the molecule is COCOCc1csc2c1S(=O)(=O)N=C(c1c(O)c3ccccc3n(Cc3ccccc3)c1=O)N2.[Na]. The third-order valence-electron chi connectivity index (χ3n) is 5.54. The first kappa shape index (κ1) is 26.6. The Morgan fingerprint density at radius 1 is 1.11 bits per heavy atom. The van der Waals surface area contributed by atoms with Crippen molar-refractivity contribution >= 4 is 72.7 Å². The maximum atomic E-state index is 13.7. The predicted octanol–water partition coefficient (Wildman–Crippen LogP) is 3.12. The van der Waals surface area contributed by atoms with Gasteiger partial charge in [0.05, 0.1) is 18.7 Å². The summed E-state index contributed by atoms with van der Waals surface area (Å²) in [6.07, 6.45) is 0. The first-order chi connectivity index (χ1) is 16.9. The Morgan fingerprint density at radius 3 is 2.58 bits per heavy atom. The molecule has 1 radical (unpaired) electrons. The molecular formula is C24H21N3NaO6S2. The van der Waals surface area contributed by atoms with Gasteiger partial charge in [-0.1, -0.05) is 42.5 Å². The molecule has 5 rings (SSSR count). The second-order valence-corrected chi connectivity index (χ2v) is 10.3. The summed E-state index contributed by atoms with van der Waals surface area (Å²) in [5, 5.41) is 16.4. The molecule has 2 N–H and O–H groups in total. The van der Waals surface area contributed by atoms with Crippen LogP contribution in [0.25, 0.3) is 10.9 Å². The number of rotatable bonds is 7. The molecule has 0 saturated heterocycles. The molecule has 181 valence electrons. The van der Waals surface area contributed by atoms with Crippen LogP contribution in [0, 0.1) is 0 Å². The third-order valence-corrected chi connectivity index (χ3v) is 8.02. The molecule has 0 amide bonds. The van der Waals surface area contributed by atoms with Gasteiger partial charge in [-0.15, -0.1) is 15.7 Å². The monoisotopic (exact) mass is 534 g/mol. The fourth-order valence-electron chi connectivity index (χ4n) is 4.02. The molecule has 2 aromatic carbocycles. The van der Waals surface area contributed by atoms with Gasteiger partial charge in [0.1, 0.15) is 28.0 Å². The molecule has 9 nitrogen and oxygen atoms in total. The van der Waals surface area contributed by atoms with Crippen LogP contribution in [-0.2, 0) is 32.6 Å². The number of hydrogen-bond donors (Lipinski definition) is 2. The average Bonchev–Trinajstić information content (AvgIpc) is 3.26. The van der Waals surface area contributed by atoms with Crippen molar-refractivity contribution in [2.24, 2.45) is 4.40 Å². The topological polar surface area (TPSA) is 119 Å². The number of thiophene rings is 1. The number of nitrogens with one attached hydrogen (secondary N) is 1. The number of fused-ring (bicyclic) bond motifs is 2. The molecule has 2 aromatic heterocycles. The van der Waals surface area contributed by atoms with E-state index in [-0.39, 0.29) is 71.5 Å². The van der Waals surface area contributed by atoms with Gasteiger partial charge >= 0.3 is 0 Å². The van der Waals surface area contributed by atoms with Gasteiger partial charge in [-0.2, -0.15) is 8.42 Å². The number of amidine groups is 1. The van der Waals surface area contributed by atoms with Crippen LogP contribution in [0.15, 0.2) is 74.1 Å². The Morgan fingerprint density at radius 2 is 1.83 bits per heavy atom. The van der Waals surface area contributed by atoms with E-state index in [4.69, 9.17) is 9.47 Å². The van der Waals surface area contributed by atoms with Crippen molar-refractivity contribution in [1.82, 2.24) is 4.57 Å². The summed E-state index contributed by atoms with van der Waals surface area (Å²) in [6.45, 7) is 0.272. The summed E-state index contributed by atoms with van der Waals surface area (Å²) in [5.74, 6) is -0.557. The molecular weight excluding hydrogens is 513 g/mol. The Bertz CT molecular complexity index is 1610. The van der Waals surface area contributed by atoms with Crippen molar-refractivity contribution in [2.45, 2.75) is 18.0 Å². The maximum Gasteiger partial charge on any atom is 0.287 e. The van der Waals surface area contributed by atoms with Crippen LogP contribution in [0.4, 0.5) is 5.00 Å². The van der Waals surface area contributed by atoms with E-state index < -0.39 is 15.6 Å². The maximum absolute atomic E-state index is 13.7. The minimum Gasteiger partial charge on any atom is -0.506 e. The van der Waals surface area contributed by atoms with Crippen LogP contribution in [0.2, 0.25) is 0 Å². The molecule has 3 heterocycles. The predicted molar refractivity (Wildman–Crippen MR) is 140 cm³/mol. The van der Waals surface area contributed by atoms with Gasteiger partial charge in [0.2, 0.25) is 0 Å². The minimum absolute atomic E-state index is 0. The quantitative estimate of drug-likeness (QED) is 0.212. The number of benzene rings is 2. The molecule has 0 atom stereocenters. The number of para-hydroxylation sites is 1. The summed E-state index contributed by atoms with van der Waals surface area (Å²) < 4.78 is 41.8. The summed E-state index contributed by atoms with van der Waals surface area (Å²) >= 11 is 1.15. The molecule has 0 spiro atoms. The molecule has 0 unspecified atom stereocenters. The fourth-order valence-corrected chi connectivity index (χ4v) is 6.59. The first-order valence-electron chi connectivity index (χ1n) is 10.6. The number of anilines is 1. The van der Waals surface area contributed by atoms with Crippen LogP contribution >= 0.6 is 11.3 Å². The third kappa shape index (κ3) is 4.88. The number of nitrogens with zero attached hydrogens (tertiary/aromatic N) is 2. The minimum atomic E-state index is -4.17. The molecule has 0 aliphatic carbocycles. The van der Waals surface area contributed by atoms with Gasteiger partial charge in [0, 0.05) is 47.6 Å². The van der Waals surface area contributed by atoms with Gasteiger partial charge in [-0.3, -0.25) is 4.79 Å². The van der Waals surface area contributed by atoms with Crippen molar-refractivity contribution in [1.29, 1.82) is 0 Å². The molecule has 0 fully saturated rings. The molecule has 12 heteroatoms. The van der Waals surface area contributed by atoms with E-state index in [1.165, 1.54) is 11.7 Å². The zero-order chi connectivity index (χ0) is 24.6. The summed E-state index contributed by atoms with van der Waals surface area (Å²) in [6, 6.07) is 16.3. The standard InChI is InChI=1S/C24H21N3O6S2.Na/c1-32-14-33-12-16-13-34-23-21(16)35(30,31)26-22(25-23)19-20(28)17-9-5-6-10-18(17)27(24(19)29)11-15-7-3-2-4-8-15;/h2-10,13,28H,11-12,14H2,1H3,(H,25,26);. The second-order valence-electron chi connectivity index (χ2n) is 7.83. The molecule has 36 heavy (non-hydrogen) atoms. The van der Waals surface area contributed by atoms with Crippen LogP contribution in [-0.4, -0.2) is 67.4 Å². The van der Waals surface area contributed by atoms with Crippen LogP contribution < -0.4 is 10.9 Å². The number of sulfonamides is 1. The summed E-state index contributed by atoms with van der Waals surface area (Å²) in [7, 11) is -2.70. The van der Waals surface area contributed by atoms with Gasteiger partial charge in [-0.25, -0.2) is 0 Å².